The molecule has 4 aromatic rings. The van der Waals surface area contributed by atoms with E-state index in [0.29, 0.717) is 24.2 Å². The molecule has 0 spiro atoms. The lowest BCUT2D eigenvalue weighted by molar-refractivity contribution is 0.310. The highest BCUT2D eigenvalue weighted by Gasteiger charge is 2.22. The van der Waals surface area contributed by atoms with Gasteiger partial charge in [0.25, 0.3) is 0 Å². The van der Waals surface area contributed by atoms with Crippen LogP contribution < -0.4 is 11.1 Å². The standard InChI is InChI=1S/C26H28N6.C2H6/c1-32(16-18-13-14-19-7-2-3-8-21(19)15-18)17-24-29-25(27)31-26(30-24)28-23-12-5-4-11-22(23)20-9-6-10-20;1-2/h2-5,7-8,11-15,20H,6,9-10,16-17H2,1H3,(H3,27,28,29,30,31);1-2H3. The highest BCUT2D eigenvalue weighted by Crippen LogP contribution is 2.40. The number of nitrogen functional groups attached to an aromatic ring is 1. The van der Waals surface area contributed by atoms with Gasteiger partial charge in [-0.25, -0.2) is 0 Å². The number of fused-ring (bicyclic) bond motifs is 1. The monoisotopic (exact) mass is 454 g/mol. The lowest BCUT2D eigenvalue weighted by Crippen LogP contribution is -2.20. The van der Waals surface area contributed by atoms with Crippen molar-refractivity contribution in [1.82, 2.24) is 19.9 Å². The van der Waals surface area contributed by atoms with Crippen LogP contribution in [-0.4, -0.2) is 26.9 Å². The van der Waals surface area contributed by atoms with Crippen molar-refractivity contribution in [3.63, 3.8) is 0 Å². The Morgan fingerprint density at radius 2 is 1.62 bits per heavy atom. The molecule has 6 heteroatoms. The first-order valence-corrected chi connectivity index (χ1v) is 12.2. The summed E-state index contributed by atoms with van der Waals surface area (Å²) in [6.07, 6.45) is 3.77. The van der Waals surface area contributed by atoms with Crippen molar-refractivity contribution in [2.75, 3.05) is 18.1 Å². The second kappa shape index (κ2) is 11.1. The molecule has 3 N–H and O–H groups in total. The average molecular weight is 455 g/mol. The molecule has 1 fully saturated rings. The van der Waals surface area contributed by atoms with E-state index >= 15 is 0 Å². The fourth-order valence-corrected chi connectivity index (χ4v) is 4.32. The van der Waals surface area contributed by atoms with E-state index in [-0.39, 0.29) is 5.95 Å². The van der Waals surface area contributed by atoms with Crippen molar-refractivity contribution in [2.24, 2.45) is 0 Å². The van der Waals surface area contributed by atoms with Crippen LogP contribution in [0.1, 0.15) is 56.0 Å². The van der Waals surface area contributed by atoms with E-state index in [4.69, 9.17) is 5.73 Å². The van der Waals surface area contributed by atoms with E-state index in [9.17, 15) is 0 Å². The quantitative estimate of drug-likeness (QED) is 0.342. The van der Waals surface area contributed by atoms with Gasteiger partial charge in [-0.2, -0.15) is 15.0 Å². The molecule has 0 saturated heterocycles. The number of nitrogens with zero attached hydrogens (tertiary/aromatic N) is 4. The normalized spacial score (nSPS) is 13.3. The predicted molar refractivity (Wildman–Crippen MR) is 141 cm³/mol. The number of hydrogen-bond acceptors (Lipinski definition) is 6. The number of hydrogen-bond donors (Lipinski definition) is 2. The van der Waals surface area contributed by atoms with Crippen LogP contribution in [0.4, 0.5) is 17.6 Å². The molecule has 0 amide bonds. The largest absolute Gasteiger partial charge is 0.368 e. The van der Waals surface area contributed by atoms with Crippen LogP contribution in [0, 0.1) is 0 Å². The topological polar surface area (TPSA) is 80.0 Å². The van der Waals surface area contributed by atoms with Crippen LogP contribution in [0.15, 0.2) is 66.7 Å². The van der Waals surface area contributed by atoms with E-state index in [0.717, 1.165) is 12.2 Å². The summed E-state index contributed by atoms with van der Waals surface area (Å²) in [6, 6.07) is 23.4. The SMILES string of the molecule is CC.CN(Cc1ccc2ccccc2c1)Cc1nc(N)nc(Nc2ccccc2C2CCC2)n1. The highest BCUT2D eigenvalue weighted by molar-refractivity contribution is 5.82. The zero-order valence-electron chi connectivity index (χ0n) is 20.3. The third-order valence-corrected chi connectivity index (χ3v) is 6.13. The Hall–Kier alpha value is -3.51. The van der Waals surface area contributed by atoms with Crippen molar-refractivity contribution < 1.29 is 0 Å². The Bertz CT molecular complexity index is 1230. The summed E-state index contributed by atoms with van der Waals surface area (Å²) in [5, 5.41) is 5.89. The fourth-order valence-electron chi connectivity index (χ4n) is 4.32. The van der Waals surface area contributed by atoms with Gasteiger partial charge in [-0.15, -0.1) is 0 Å². The van der Waals surface area contributed by atoms with Crippen molar-refractivity contribution >= 4 is 28.4 Å². The summed E-state index contributed by atoms with van der Waals surface area (Å²) < 4.78 is 0. The van der Waals surface area contributed by atoms with Gasteiger partial charge in [-0.1, -0.05) is 74.9 Å². The zero-order chi connectivity index (χ0) is 23.9. The number of benzene rings is 3. The van der Waals surface area contributed by atoms with Gasteiger partial charge >= 0.3 is 0 Å². The summed E-state index contributed by atoms with van der Waals surface area (Å²) in [5.74, 6) is 2.01. The van der Waals surface area contributed by atoms with Gasteiger partial charge in [-0.3, -0.25) is 4.90 Å². The lowest BCUT2D eigenvalue weighted by atomic mass is 9.79. The number of nitrogens with two attached hydrogens (primary N) is 1. The second-order valence-electron chi connectivity index (χ2n) is 8.63. The third kappa shape index (κ3) is 5.69. The molecule has 0 unspecified atom stereocenters. The molecule has 1 heterocycles. The smallest absolute Gasteiger partial charge is 0.232 e. The van der Waals surface area contributed by atoms with Gasteiger partial charge < -0.3 is 11.1 Å². The Morgan fingerprint density at radius 1 is 0.882 bits per heavy atom. The van der Waals surface area contributed by atoms with Crippen LogP contribution in [0.25, 0.3) is 10.8 Å². The van der Waals surface area contributed by atoms with E-state index in [1.54, 1.807) is 0 Å². The maximum absolute atomic E-state index is 6.02. The molecule has 5 rings (SSSR count). The van der Waals surface area contributed by atoms with Crippen LogP contribution >= 0.6 is 0 Å². The van der Waals surface area contributed by atoms with Gasteiger partial charge in [0.1, 0.15) is 5.82 Å². The summed E-state index contributed by atoms with van der Waals surface area (Å²) >= 11 is 0. The second-order valence-corrected chi connectivity index (χ2v) is 8.63. The zero-order valence-corrected chi connectivity index (χ0v) is 20.3. The predicted octanol–water partition coefficient (Wildman–Crippen LogP) is 6.28. The van der Waals surface area contributed by atoms with Gasteiger partial charge in [0.2, 0.25) is 11.9 Å². The molecule has 6 nitrogen and oxygen atoms in total. The van der Waals surface area contributed by atoms with Crippen LogP contribution in [0.2, 0.25) is 0 Å². The van der Waals surface area contributed by atoms with Gasteiger partial charge in [-0.05, 0) is 59.8 Å². The van der Waals surface area contributed by atoms with Crippen LogP contribution in [-0.2, 0) is 13.1 Å². The van der Waals surface area contributed by atoms with Crippen molar-refractivity contribution in [3.05, 3.63) is 83.7 Å². The molecular formula is C28H34N6. The molecule has 176 valence electrons. The highest BCUT2D eigenvalue weighted by atomic mass is 15.2. The summed E-state index contributed by atoms with van der Waals surface area (Å²) in [7, 11) is 2.06. The Kier molecular flexibility index (Phi) is 7.70. The van der Waals surface area contributed by atoms with Gasteiger partial charge in [0.05, 0.1) is 6.54 Å². The Morgan fingerprint density at radius 3 is 2.38 bits per heavy atom. The molecule has 1 saturated carbocycles. The third-order valence-electron chi connectivity index (χ3n) is 6.13. The van der Waals surface area contributed by atoms with E-state index in [1.165, 1.54) is 41.2 Å². The molecule has 0 aliphatic heterocycles. The molecule has 1 aromatic heterocycles. The molecule has 0 radical (unpaired) electrons. The van der Waals surface area contributed by atoms with Gasteiger partial charge in [0, 0.05) is 12.2 Å². The number of anilines is 3. The summed E-state index contributed by atoms with van der Waals surface area (Å²) in [5.41, 5.74) is 9.65. The fraction of sp³-hybridized carbons (Fsp3) is 0.321. The van der Waals surface area contributed by atoms with E-state index < -0.39 is 0 Å². The maximum atomic E-state index is 6.02. The first-order chi connectivity index (χ1) is 16.6. The van der Waals surface area contributed by atoms with E-state index in [1.807, 2.05) is 19.9 Å². The molecule has 0 atom stereocenters. The van der Waals surface area contributed by atoms with Crippen LogP contribution in [0.5, 0.6) is 0 Å². The number of aromatic nitrogens is 3. The number of nitrogens with one attached hydrogen (secondary N) is 1. The number of para-hydroxylation sites is 1. The maximum Gasteiger partial charge on any atom is 0.232 e. The molecule has 1 aliphatic rings. The molecule has 1 aliphatic carbocycles. The van der Waals surface area contributed by atoms with E-state index in [2.05, 4.69) is 92.9 Å². The van der Waals surface area contributed by atoms with Gasteiger partial charge in [0.15, 0.2) is 0 Å². The number of rotatable bonds is 7. The Balaban J connectivity index is 0.00000133. The first-order valence-electron chi connectivity index (χ1n) is 12.2. The first kappa shape index (κ1) is 23.6. The summed E-state index contributed by atoms with van der Waals surface area (Å²) in [6.45, 7) is 5.38. The van der Waals surface area contributed by atoms with Crippen molar-refractivity contribution in [3.8, 4) is 0 Å². The average Bonchev–Trinajstić information content (AvgIpc) is 2.80. The molecule has 3 aromatic carbocycles. The van der Waals surface area contributed by atoms with Crippen molar-refractivity contribution in [1.29, 1.82) is 0 Å². The minimum Gasteiger partial charge on any atom is -0.368 e. The molecular weight excluding hydrogens is 420 g/mol. The van der Waals surface area contributed by atoms with Crippen LogP contribution in [0.3, 0.4) is 0 Å². The van der Waals surface area contributed by atoms with Crippen molar-refractivity contribution in [2.45, 2.75) is 52.1 Å². The minimum absolute atomic E-state index is 0.234. The molecule has 34 heavy (non-hydrogen) atoms. The molecule has 0 bridgehead atoms. The minimum atomic E-state index is 0.234. The summed E-state index contributed by atoms with van der Waals surface area (Å²) in [4.78, 5) is 15.5. The lowest BCUT2D eigenvalue weighted by Gasteiger charge is -2.27. The Labute approximate surface area is 202 Å².